The van der Waals surface area contributed by atoms with E-state index in [1.54, 1.807) is 12.1 Å². The van der Waals surface area contributed by atoms with E-state index in [9.17, 15) is 9.59 Å². The first kappa shape index (κ1) is 14.5. The molecule has 0 aromatic heterocycles. The van der Waals surface area contributed by atoms with Gasteiger partial charge in [0.05, 0.1) is 11.1 Å². The van der Waals surface area contributed by atoms with E-state index in [0.29, 0.717) is 28.1 Å². The highest BCUT2D eigenvalue weighted by Crippen LogP contribution is 2.36. The molecule has 1 amide bonds. The van der Waals surface area contributed by atoms with E-state index < -0.39 is 0 Å². The number of nitrogens with one attached hydrogen (secondary N) is 1. The van der Waals surface area contributed by atoms with Crippen LogP contribution in [0.2, 0.25) is 0 Å². The summed E-state index contributed by atoms with van der Waals surface area (Å²) in [5.41, 5.74) is 0.470. The average molecular weight is 316 g/mol. The summed E-state index contributed by atoms with van der Waals surface area (Å²) in [6, 6.07) is 3.18. The number of halogens is 1. The molecule has 0 aliphatic rings. The van der Waals surface area contributed by atoms with Gasteiger partial charge in [0.2, 0.25) is 0 Å². The molecule has 0 aliphatic carbocycles. The molecule has 18 heavy (non-hydrogen) atoms. The first-order chi connectivity index (χ1) is 8.62. The zero-order valence-electron chi connectivity index (χ0n) is 10.2. The number of likely N-dealkylation sites (N-methyl/N-ethyl adjacent to an activating group) is 1. The van der Waals surface area contributed by atoms with Crippen LogP contribution < -0.4 is 14.8 Å². The maximum atomic E-state index is 11.1. The molecule has 1 aromatic rings. The van der Waals surface area contributed by atoms with E-state index in [1.165, 1.54) is 7.05 Å². The van der Waals surface area contributed by atoms with Crippen LogP contribution in [0, 0.1) is 0 Å². The Labute approximate surface area is 114 Å². The van der Waals surface area contributed by atoms with Crippen molar-refractivity contribution >= 4 is 28.1 Å². The molecule has 1 aromatic carbocycles. The fraction of sp³-hybridized carbons (Fsp3) is 0.333. The first-order valence-corrected chi connectivity index (χ1v) is 6.16. The molecule has 0 atom stereocenters. The lowest BCUT2D eigenvalue weighted by molar-refractivity contribution is -0.122. The van der Waals surface area contributed by atoms with Crippen LogP contribution in [0.25, 0.3) is 0 Å². The molecule has 5 nitrogen and oxygen atoms in total. The Bertz CT molecular complexity index is 448. The molecule has 0 radical (unpaired) electrons. The van der Waals surface area contributed by atoms with Gasteiger partial charge in [-0.2, -0.15) is 0 Å². The van der Waals surface area contributed by atoms with E-state index in [2.05, 4.69) is 21.2 Å². The molecular weight excluding hydrogens is 302 g/mol. The van der Waals surface area contributed by atoms with E-state index in [-0.39, 0.29) is 12.5 Å². The molecule has 0 saturated heterocycles. The smallest absolute Gasteiger partial charge is 0.257 e. The fourth-order valence-corrected chi connectivity index (χ4v) is 1.84. The van der Waals surface area contributed by atoms with Gasteiger partial charge in [-0.05, 0) is 35.0 Å². The van der Waals surface area contributed by atoms with Gasteiger partial charge in [0, 0.05) is 12.6 Å². The minimum Gasteiger partial charge on any atom is -0.490 e. The number of amides is 1. The minimum absolute atomic E-state index is 0.115. The summed E-state index contributed by atoms with van der Waals surface area (Å²) in [5, 5.41) is 2.45. The zero-order chi connectivity index (χ0) is 13.5. The zero-order valence-corrected chi connectivity index (χ0v) is 11.7. The van der Waals surface area contributed by atoms with Gasteiger partial charge < -0.3 is 14.8 Å². The van der Waals surface area contributed by atoms with Gasteiger partial charge in [-0.15, -0.1) is 0 Å². The standard InChI is InChI=1S/C12H14BrNO4/c1-3-17-10-5-8(6-15)4-9(13)12(10)18-7-11(16)14-2/h4-6H,3,7H2,1-2H3,(H,14,16). The van der Waals surface area contributed by atoms with E-state index >= 15 is 0 Å². The van der Waals surface area contributed by atoms with E-state index in [1.807, 2.05) is 6.92 Å². The normalized spacial score (nSPS) is 9.72. The third-order valence-corrected chi connectivity index (χ3v) is 2.68. The first-order valence-electron chi connectivity index (χ1n) is 5.37. The fourth-order valence-electron chi connectivity index (χ4n) is 1.27. The maximum absolute atomic E-state index is 11.1. The summed E-state index contributed by atoms with van der Waals surface area (Å²) in [7, 11) is 1.53. The van der Waals surface area contributed by atoms with Crippen LogP contribution in [-0.4, -0.2) is 32.5 Å². The number of hydrogen-bond donors (Lipinski definition) is 1. The summed E-state index contributed by atoms with van der Waals surface area (Å²) in [4.78, 5) is 21.9. The molecule has 1 N–H and O–H groups in total. The third kappa shape index (κ3) is 3.73. The van der Waals surface area contributed by atoms with Crippen molar-refractivity contribution < 1.29 is 19.1 Å². The lowest BCUT2D eigenvalue weighted by atomic mass is 10.2. The summed E-state index contributed by atoms with van der Waals surface area (Å²) in [6.07, 6.45) is 0.718. The second-order valence-electron chi connectivity index (χ2n) is 3.34. The van der Waals surface area contributed by atoms with Crippen LogP contribution in [0.5, 0.6) is 11.5 Å². The lowest BCUT2D eigenvalue weighted by Crippen LogP contribution is -2.25. The molecule has 6 heteroatoms. The van der Waals surface area contributed by atoms with Gasteiger partial charge in [-0.1, -0.05) is 0 Å². The van der Waals surface area contributed by atoms with Gasteiger partial charge in [0.1, 0.15) is 6.29 Å². The number of hydrogen-bond acceptors (Lipinski definition) is 4. The quantitative estimate of drug-likeness (QED) is 0.813. The van der Waals surface area contributed by atoms with Crippen molar-refractivity contribution in [2.75, 3.05) is 20.3 Å². The number of benzene rings is 1. The number of ether oxygens (including phenoxy) is 2. The van der Waals surface area contributed by atoms with Crippen molar-refractivity contribution in [1.29, 1.82) is 0 Å². The molecular formula is C12H14BrNO4. The Balaban J connectivity index is 2.99. The predicted molar refractivity (Wildman–Crippen MR) is 70.3 cm³/mol. The summed E-state index contributed by atoms with van der Waals surface area (Å²) >= 11 is 3.29. The molecule has 0 heterocycles. The second-order valence-corrected chi connectivity index (χ2v) is 4.20. The van der Waals surface area contributed by atoms with Crippen molar-refractivity contribution in [1.82, 2.24) is 5.32 Å². The molecule has 0 unspecified atom stereocenters. The number of carbonyl (C=O) groups excluding carboxylic acids is 2. The molecule has 0 saturated carbocycles. The summed E-state index contributed by atoms with van der Waals surface area (Å²) in [6.45, 7) is 2.14. The number of carbonyl (C=O) groups is 2. The van der Waals surface area contributed by atoms with Crippen molar-refractivity contribution in [2.45, 2.75) is 6.92 Å². The Morgan fingerprint density at radius 3 is 2.72 bits per heavy atom. The largest absolute Gasteiger partial charge is 0.490 e. The second kappa shape index (κ2) is 7.00. The Kier molecular flexibility index (Phi) is 5.64. The van der Waals surface area contributed by atoms with Crippen molar-refractivity contribution in [3.05, 3.63) is 22.2 Å². The third-order valence-electron chi connectivity index (χ3n) is 2.09. The number of rotatable bonds is 6. The molecule has 0 spiro atoms. The Morgan fingerprint density at radius 2 is 2.17 bits per heavy atom. The monoisotopic (exact) mass is 315 g/mol. The Hall–Kier alpha value is -1.56. The van der Waals surface area contributed by atoms with Crippen molar-refractivity contribution in [3.63, 3.8) is 0 Å². The molecule has 0 aliphatic heterocycles. The Morgan fingerprint density at radius 1 is 1.44 bits per heavy atom. The highest BCUT2D eigenvalue weighted by Gasteiger charge is 2.13. The summed E-state index contributed by atoms with van der Waals surface area (Å²) in [5.74, 6) is 0.591. The van der Waals surface area contributed by atoms with Gasteiger partial charge in [-0.3, -0.25) is 9.59 Å². The van der Waals surface area contributed by atoms with Crippen LogP contribution in [0.3, 0.4) is 0 Å². The molecule has 98 valence electrons. The number of aldehydes is 1. The van der Waals surface area contributed by atoms with Crippen LogP contribution >= 0.6 is 15.9 Å². The SMILES string of the molecule is CCOc1cc(C=O)cc(Br)c1OCC(=O)NC. The minimum atomic E-state index is -0.246. The topological polar surface area (TPSA) is 64.6 Å². The van der Waals surface area contributed by atoms with Gasteiger partial charge >= 0.3 is 0 Å². The summed E-state index contributed by atoms with van der Waals surface area (Å²) < 4.78 is 11.3. The van der Waals surface area contributed by atoms with Crippen molar-refractivity contribution in [2.24, 2.45) is 0 Å². The van der Waals surface area contributed by atoms with Gasteiger partial charge in [0.25, 0.3) is 5.91 Å². The molecule has 0 fully saturated rings. The van der Waals surface area contributed by atoms with E-state index in [4.69, 9.17) is 9.47 Å². The highest BCUT2D eigenvalue weighted by atomic mass is 79.9. The lowest BCUT2D eigenvalue weighted by Gasteiger charge is -2.13. The average Bonchev–Trinajstić information content (AvgIpc) is 2.37. The highest BCUT2D eigenvalue weighted by molar-refractivity contribution is 9.10. The maximum Gasteiger partial charge on any atom is 0.257 e. The molecule has 0 bridgehead atoms. The van der Waals surface area contributed by atoms with Crippen LogP contribution in [0.4, 0.5) is 0 Å². The van der Waals surface area contributed by atoms with Crippen molar-refractivity contribution in [3.8, 4) is 11.5 Å². The van der Waals surface area contributed by atoms with E-state index in [0.717, 1.165) is 6.29 Å². The van der Waals surface area contributed by atoms with Gasteiger partial charge in [-0.25, -0.2) is 0 Å². The van der Waals surface area contributed by atoms with Gasteiger partial charge in [0.15, 0.2) is 18.1 Å². The predicted octanol–water partition coefficient (Wildman–Crippen LogP) is 1.79. The van der Waals surface area contributed by atoms with Crippen LogP contribution in [0.1, 0.15) is 17.3 Å². The van der Waals surface area contributed by atoms with Crippen LogP contribution in [-0.2, 0) is 4.79 Å². The van der Waals surface area contributed by atoms with Crippen LogP contribution in [0.15, 0.2) is 16.6 Å². The molecule has 1 rings (SSSR count).